The average Bonchev–Trinajstić information content (AvgIpc) is 1.98. The largest absolute Gasteiger partial charge is 0.368 e. The van der Waals surface area contributed by atoms with E-state index in [2.05, 4.69) is 27.7 Å². The Bertz CT molecular complexity index is 173. The number of hydrogen-bond donors (Lipinski definition) is 1. The topological polar surface area (TPSA) is 52.3 Å². The SMILES string of the molecule is CCCC(CC(C)(C)C)OCC(N)=O. The molecule has 1 atom stereocenters. The second kappa shape index (κ2) is 6.02. The van der Waals surface area contributed by atoms with E-state index in [1.54, 1.807) is 0 Å². The van der Waals surface area contributed by atoms with Crippen LogP contribution in [0.4, 0.5) is 0 Å². The number of rotatable bonds is 6. The van der Waals surface area contributed by atoms with E-state index in [1.807, 2.05) is 0 Å². The van der Waals surface area contributed by atoms with Crippen LogP contribution < -0.4 is 5.73 Å². The zero-order valence-electron chi connectivity index (χ0n) is 9.80. The highest BCUT2D eigenvalue weighted by atomic mass is 16.5. The van der Waals surface area contributed by atoms with Crippen LogP contribution >= 0.6 is 0 Å². The maximum Gasteiger partial charge on any atom is 0.243 e. The van der Waals surface area contributed by atoms with E-state index < -0.39 is 0 Å². The van der Waals surface area contributed by atoms with Gasteiger partial charge < -0.3 is 10.5 Å². The molecule has 0 radical (unpaired) electrons. The molecule has 84 valence electrons. The molecule has 0 aliphatic carbocycles. The molecule has 0 saturated carbocycles. The Morgan fingerprint density at radius 1 is 1.43 bits per heavy atom. The van der Waals surface area contributed by atoms with Crippen molar-refractivity contribution in [3.8, 4) is 0 Å². The van der Waals surface area contributed by atoms with E-state index >= 15 is 0 Å². The van der Waals surface area contributed by atoms with Crippen molar-refractivity contribution in [1.29, 1.82) is 0 Å². The number of carbonyl (C=O) groups is 1. The van der Waals surface area contributed by atoms with Crippen molar-refractivity contribution >= 4 is 5.91 Å². The lowest BCUT2D eigenvalue weighted by molar-refractivity contribution is -0.125. The van der Waals surface area contributed by atoms with E-state index in [9.17, 15) is 4.79 Å². The van der Waals surface area contributed by atoms with E-state index in [1.165, 1.54) is 0 Å². The minimum absolute atomic E-state index is 0.0424. The van der Waals surface area contributed by atoms with Crippen molar-refractivity contribution in [3.05, 3.63) is 0 Å². The normalized spacial score (nSPS) is 14.0. The Balaban J connectivity index is 3.95. The third-order valence-corrected chi connectivity index (χ3v) is 1.91. The summed E-state index contributed by atoms with van der Waals surface area (Å²) < 4.78 is 5.45. The lowest BCUT2D eigenvalue weighted by Crippen LogP contribution is -2.26. The summed E-state index contributed by atoms with van der Waals surface area (Å²) in [6, 6.07) is 0. The molecule has 1 amide bonds. The second-order valence-electron chi connectivity index (χ2n) is 4.95. The second-order valence-corrected chi connectivity index (χ2v) is 4.95. The van der Waals surface area contributed by atoms with Crippen LogP contribution in [0, 0.1) is 5.41 Å². The van der Waals surface area contributed by atoms with Crippen molar-refractivity contribution in [1.82, 2.24) is 0 Å². The highest BCUT2D eigenvalue weighted by molar-refractivity contribution is 5.74. The van der Waals surface area contributed by atoms with Gasteiger partial charge in [-0.25, -0.2) is 0 Å². The molecule has 0 heterocycles. The van der Waals surface area contributed by atoms with Gasteiger partial charge in [-0.15, -0.1) is 0 Å². The summed E-state index contributed by atoms with van der Waals surface area (Å²) >= 11 is 0. The molecule has 0 aliphatic rings. The number of hydrogen-bond acceptors (Lipinski definition) is 2. The van der Waals surface area contributed by atoms with Crippen LogP contribution in [0.25, 0.3) is 0 Å². The first kappa shape index (κ1) is 13.4. The van der Waals surface area contributed by atoms with Gasteiger partial charge in [-0.1, -0.05) is 34.1 Å². The summed E-state index contributed by atoms with van der Waals surface area (Å²) in [5.74, 6) is -0.389. The first-order valence-electron chi connectivity index (χ1n) is 5.25. The molecule has 0 saturated heterocycles. The van der Waals surface area contributed by atoms with Crippen molar-refractivity contribution < 1.29 is 9.53 Å². The molecule has 1 unspecified atom stereocenters. The van der Waals surface area contributed by atoms with Gasteiger partial charge in [0, 0.05) is 0 Å². The first-order valence-corrected chi connectivity index (χ1v) is 5.25. The summed E-state index contributed by atoms with van der Waals surface area (Å²) in [5.41, 5.74) is 5.27. The third-order valence-electron chi connectivity index (χ3n) is 1.91. The Kier molecular flexibility index (Phi) is 5.77. The fourth-order valence-corrected chi connectivity index (χ4v) is 1.45. The molecule has 0 rings (SSSR count). The monoisotopic (exact) mass is 201 g/mol. The Morgan fingerprint density at radius 3 is 2.36 bits per heavy atom. The Hall–Kier alpha value is -0.570. The van der Waals surface area contributed by atoms with Gasteiger partial charge in [-0.3, -0.25) is 4.79 Å². The van der Waals surface area contributed by atoms with Crippen molar-refractivity contribution in [3.63, 3.8) is 0 Å². The summed E-state index contributed by atoms with van der Waals surface area (Å²) in [4.78, 5) is 10.6. The fraction of sp³-hybridized carbons (Fsp3) is 0.909. The molecule has 0 spiro atoms. The maximum atomic E-state index is 10.6. The molecule has 0 bridgehead atoms. The summed E-state index contributed by atoms with van der Waals surface area (Å²) in [5, 5.41) is 0. The summed E-state index contributed by atoms with van der Waals surface area (Å²) in [6.07, 6.45) is 3.19. The van der Waals surface area contributed by atoms with Gasteiger partial charge in [-0.05, 0) is 18.3 Å². The van der Waals surface area contributed by atoms with Gasteiger partial charge in [0.1, 0.15) is 6.61 Å². The first-order chi connectivity index (χ1) is 6.35. The fourth-order valence-electron chi connectivity index (χ4n) is 1.45. The summed E-state index contributed by atoms with van der Waals surface area (Å²) in [6.45, 7) is 8.67. The molecule has 0 aromatic heterocycles. The van der Waals surface area contributed by atoms with Crippen molar-refractivity contribution in [2.75, 3.05) is 6.61 Å². The van der Waals surface area contributed by atoms with E-state index in [0.717, 1.165) is 19.3 Å². The number of primary amides is 1. The Morgan fingerprint density at radius 2 is 2.00 bits per heavy atom. The predicted octanol–water partition coefficient (Wildman–Crippen LogP) is 2.09. The molecular formula is C11H23NO2. The van der Waals surface area contributed by atoms with Gasteiger partial charge in [0.2, 0.25) is 5.91 Å². The highest BCUT2D eigenvalue weighted by Crippen LogP contribution is 2.24. The molecule has 3 nitrogen and oxygen atoms in total. The molecule has 2 N–H and O–H groups in total. The van der Waals surface area contributed by atoms with Crippen LogP contribution in [0.5, 0.6) is 0 Å². The minimum atomic E-state index is -0.389. The molecule has 3 heteroatoms. The standard InChI is InChI=1S/C11H23NO2/c1-5-6-9(7-11(2,3)4)14-8-10(12)13/h9H,5-8H2,1-4H3,(H2,12,13). The van der Waals surface area contributed by atoms with Crippen LogP contribution in [0.3, 0.4) is 0 Å². The zero-order chi connectivity index (χ0) is 11.2. The van der Waals surface area contributed by atoms with Gasteiger partial charge in [0.05, 0.1) is 6.10 Å². The van der Waals surface area contributed by atoms with Gasteiger partial charge >= 0.3 is 0 Å². The van der Waals surface area contributed by atoms with Crippen molar-refractivity contribution in [2.45, 2.75) is 53.1 Å². The molecular weight excluding hydrogens is 178 g/mol. The zero-order valence-corrected chi connectivity index (χ0v) is 9.80. The molecule has 0 aromatic rings. The third kappa shape index (κ3) is 8.05. The number of amides is 1. The summed E-state index contributed by atoms with van der Waals surface area (Å²) in [7, 11) is 0. The van der Waals surface area contributed by atoms with E-state index in [-0.39, 0.29) is 24.0 Å². The number of ether oxygens (including phenoxy) is 1. The predicted molar refractivity (Wildman–Crippen MR) is 57.9 cm³/mol. The Labute approximate surface area is 87.0 Å². The van der Waals surface area contributed by atoms with Crippen LogP contribution in [-0.4, -0.2) is 18.6 Å². The van der Waals surface area contributed by atoms with Crippen molar-refractivity contribution in [2.24, 2.45) is 11.1 Å². The molecule has 0 aliphatic heterocycles. The molecule has 0 fully saturated rings. The van der Waals surface area contributed by atoms with Gasteiger partial charge in [-0.2, -0.15) is 0 Å². The molecule has 14 heavy (non-hydrogen) atoms. The van der Waals surface area contributed by atoms with Gasteiger partial charge in [0.25, 0.3) is 0 Å². The van der Waals surface area contributed by atoms with E-state index in [4.69, 9.17) is 10.5 Å². The maximum absolute atomic E-state index is 10.6. The lowest BCUT2D eigenvalue weighted by Gasteiger charge is -2.25. The van der Waals surface area contributed by atoms with Gasteiger partial charge in [0.15, 0.2) is 0 Å². The number of carbonyl (C=O) groups excluding carboxylic acids is 1. The average molecular weight is 201 g/mol. The molecule has 0 aromatic carbocycles. The number of nitrogens with two attached hydrogens (primary N) is 1. The lowest BCUT2D eigenvalue weighted by atomic mass is 9.88. The minimum Gasteiger partial charge on any atom is -0.368 e. The van der Waals surface area contributed by atoms with E-state index in [0.29, 0.717) is 0 Å². The van der Waals surface area contributed by atoms with Crippen LogP contribution in [0.15, 0.2) is 0 Å². The van der Waals surface area contributed by atoms with Crippen LogP contribution in [0.2, 0.25) is 0 Å². The highest BCUT2D eigenvalue weighted by Gasteiger charge is 2.18. The quantitative estimate of drug-likeness (QED) is 0.715. The van der Waals surface area contributed by atoms with Crippen LogP contribution in [0.1, 0.15) is 47.0 Å². The smallest absolute Gasteiger partial charge is 0.243 e. The van der Waals surface area contributed by atoms with Crippen LogP contribution in [-0.2, 0) is 9.53 Å².